The van der Waals surface area contributed by atoms with E-state index in [0.29, 0.717) is 17.6 Å². The molecule has 0 heterocycles. The molecule has 0 spiro atoms. The molecule has 1 aliphatic carbocycles. The van der Waals surface area contributed by atoms with Gasteiger partial charge in [-0.15, -0.1) is 0 Å². The number of oxime groups is 1. The van der Waals surface area contributed by atoms with Gasteiger partial charge in [-0.1, -0.05) is 62.7 Å². The first-order valence-electron chi connectivity index (χ1n) is 10.2. The van der Waals surface area contributed by atoms with Crippen LogP contribution in [0.4, 0.5) is 0 Å². The predicted molar refractivity (Wildman–Crippen MR) is 113 cm³/mol. The Bertz CT molecular complexity index is 563. The van der Waals surface area contributed by atoms with Crippen LogP contribution in [0.1, 0.15) is 64.9 Å². The maximum Gasteiger partial charge on any atom is 0.191 e. The molecule has 26 heavy (non-hydrogen) atoms. The number of benzene rings is 1. The maximum atomic E-state index is 6.28. The van der Waals surface area contributed by atoms with Crippen molar-refractivity contribution in [3.8, 4) is 0 Å². The van der Waals surface area contributed by atoms with Crippen LogP contribution in [0.2, 0.25) is 18.1 Å². The summed E-state index contributed by atoms with van der Waals surface area (Å²) in [5.74, 6) is 0.610. The summed E-state index contributed by atoms with van der Waals surface area (Å²) >= 11 is 0. The molecule has 0 radical (unpaired) electrons. The molecule has 1 unspecified atom stereocenters. The molecule has 1 atom stereocenters. The molecule has 1 aliphatic rings. The number of nitrogens with zero attached hydrogens (tertiary/aromatic N) is 1. The summed E-state index contributed by atoms with van der Waals surface area (Å²) in [6.07, 6.45) is 7.20. The van der Waals surface area contributed by atoms with Gasteiger partial charge in [-0.05, 0) is 55.8 Å². The molecular formula is C22H37NO2Si. The van der Waals surface area contributed by atoms with Crippen molar-refractivity contribution in [2.45, 2.75) is 84.0 Å². The minimum absolute atomic E-state index is 0.300. The highest BCUT2D eigenvalue weighted by atomic mass is 28.4. The standard InChI is InChI=1S/C22H37NO2Si/c1-22(2,3)26(4,5)25-17-10-9-14-20-15-11-16-21(20)23-24-18-19-12-7-6-8-13-19/h6-8,12-13,20H,9-11,14-18H2,1-5H3/b23-21+. The predicted octanol–water partition coefficient (Wildman–Crippen LogP) is 6.55. The summed E-state index contributed by atoms with van der Waals surface area (Å²) in [6, 6.07) is 10.3. The van der Waals surface area contributed by atoms with Crippen molar-refractivity contribution in [3.63, 3.8) is 0 Å². The first-order chi connectivity index (χ1) is 12.3. The largest absolute Gasteiger partial charge is 0.417 e. The molecule has 2 rings (SSSR count). The average molecular weight is 376 g/mol. The second-order valence-corrected chi connectivity index (χ2v) is 13.8. The lowest BCUT2D eigenvalue weighted by Gasteiger charge is -2.36. The Morgan fingerprint density at radius 2 is 1.85 bits per heavy atom. The minimum atomic E-state index is -1.59. The Morgan fingerprint density at radius 3 is 2.54 bits per heavy atom. The van der Waals surface area contributed by atoms with Gasteiger partial charge in [0.25, 0.3) is 0 Å². The van der Waals surface area contributed by atoms with Crippen molar-refractivity contribution >= 4 is 14.0 Å². The average Bonchev–Trinajstić information content (AvgIpc) is 3.02. The molecule has 4 heteroatoms. The number of rotatable bonds is 9. The lowest BCUT2D eigenvalue weighted by molar-refractivity contribution is 0.128. The third-order valence-electron chi connectivity index (χ3n) is 5.93. The fraction of sp³-hybridized carbons (Fsp3) is 0.682. The molecule has 1 saturated carbocycles. The van der Waals surface area contributed by atoms with Crippen LogP contribution in [0.5, 0.6) is 0 Å². The molecule has 3 nitrogen and oxygen atoms in total. The van der Waals surface area contributed by atoms with Crippen LogP contribution >= 0.6 is 0 Å². The molecule has 146 valence electrons. The smallest absolute Gasteiger partial charge is 0.191 e. The first-order valence-corrected chi connectivity index (χ1v) is 13.1. The van der Waals surface area contributed by atoms with Crippen molar-refractivity contribution in [3.05, 3.63) is 35.9 Å². The van der Waals surface area contributed by atoms with Crippen LogP contribution in [0.25, 0.3) is 0 Å². The Hall–Kier alpha value is -1.13. The summed E-state index contributed by atoms with van der Waals surface area (Å²) < 4.78 is 6.28. The van der Waals surface area contributed by atoms with E-state index in [2.05, 4.69) is 51.2 Å². The van der Waals surface area contributed by atoms with Crippen molar-refractivity contribution < 1.29 is 9.26 Å². The fourth-order valence-electron chi connectivity index (χ4n) is 3.13. The van der Waals surface area contributed by atoms with Crippen molar-refractivity contribution in [1.82, 2.24) is 0 Å². The summed E-state index contributed by atoms with van der Waals surface area (Å²) in [5, 5.41) is 4.76. The minimum Gasteiger partial charge on any atom is -0.417 e. The lowest BCUT2D eigenvalue weighted by Crippen LogP contribution is -2.40. The second kappa shape index (κ2) is 9.70. The SMILES string of the molecule is CC(C)(C)[Si](C)(C)OCCCCC1CCC/C1=N\OCc1ccccc1. The zero-order valence-electron chi connectivity index (χ0n) is 17.4. The van der Waals surface area contributed by atoms with Gasteiger partial charge in [-0.25, -0.2) is 0 Å². The molecule has 0 saturated heterocycles. The summed E-state index contributed by atoms with van der Waals surface area (Å²) in [7, 11) is -1.59. The van der Waals surface area contributed by atoms with E-state index < -0.39 is 8.32 Å². The quantitative estimate of drug-likeness (QED) is 0.278. The highest BCUT2D eigenvalue weighted by Gasteiger charge is 2.36. The Morgan fingerprint density at radius 1 is 1.12 bits per heavy atom. The Kier molecular flexibility index (Phi) is 7.90. The van der Waals surface area contributed by atoms with Gasteiger partial charge < -0.3 is 9.26 Å². The normalized spacial score (nSPS) is 19.9. The molecule has 1 aromatic rings. The van der Waals surface area contributed by atoms with E-state index in [1.807, 2.05) is 18.2 Å². The van der Waals surface area contributed by atoms with E-state index in [1.165, 1.54) is 37.0 Å². The zero-order chi connectivity index (χ0) is 19.0. The van der Waals surface area contributed by atoms with E-state index in [9.17, 15) is 0 Å². The molecule has 0 aromatic heterocycles. The van der Waals surface area contributed by atoms with Crippen LogP contribution in [-0.2, 0) is 15.9 Å². The fourth-order valence-corrected chi connectivity index (χ4v) is 4.22. The highest BCUT2D eigenvalue weighted by molar-refractivity contribution is 6.74. The summed E-state index contributed by atoms with van der Waals surface area (Å²) in [5.41, 5.74) is 2.44. The monoisotopic (exact) mass is 375 g/mol. The van der Waals surface area contributed by atoms with E-state index in [1.54, 1.807) is 0 Å². The maximum absolute atomic E-state index is 6.28. The van der Waals surface area contributed by atoms with Gasteiger partial charge in [-0.2, -0.15) is 0 Å². The van der Waals surface area contributed by atoms with Gasteiger partial charge in [0, 0.05) is 12.5 Å². The Labute approximate surface area is 161 Å². The first kappa shape index (κ1) is 21.2. The number of hydrogen-bond acceptors (Lipinski definition) is 3. The number of unbranched alkanes of at least 4 members (excludes halogenated alkanes) is 1. The topological polar surface area (TPSA) is 30.8 Å². The highest BCUT2D eigenvalue weighted by Crippen LogP contribution is 2.36. The van der Waals surface area contributed by atoms with E-state index in [4.69, 9.17) is 9.26 Å². The molecular weight excluding hydrogens is 338 g/mol. The summed E-state index contributed by atoms with van der Waals surface area (Å²) in [4.78, 5) is 5.61. The third kappa shape index (κ3) is 6.55. The molecule has 0 N–H and O–H groups in total. The number of hydrogen-bond donors (Lipinski definition) is 0. The van der Waals surface area contributed by atoms with Gasteiger partial charge in [0.1, 0.15) is 6.61 Å². The molecule has 0 amide bonds. The van der Waals surface area contributed by atoms with E-state index in [0.717, 1.165) is 19.4 Å². The van der Waals surface area contributed by atoms with Crippen molar-refractivity contribution in [2.75, 3.05) is 6.61 Å². The van der Waals surface area contributed by atoms with Crippen LogP contribution in [0, 0.1) is 5.92 Å². The van der Waals surface area contributed by atoms with Gasteiger partial charge in [0.05, 0.1) is 5.71 Å². The Balaban J connectivity index is 1.67. The molecule has 1 aromatic carbocycles. The van der Waals surface area contributed by atoms with Crippen LogP contribution in [0.3, 0.4) is 0 Å². The summed E-state index contributed by atoms with van der Waals surface area (Å²) in [6.45, 7) is 13.0. The molecule has 1 fully saturated rings. The van der Waals surface area contributed by atoms with Gasteiger partial charge in [0.15, 0.2) is 8.32 Å². The molecule has 0 aliphatic heterocycles. The van der Waals surface area contributed by atoms with Crippen LogP contribution in [-0.4, -0.2) is 20.6 Å². The van der Waals surface area contributed by atoms with Crippen LogP contribution in [0.15, 0.2) is 35.5 Å². The van der Waals surface area contributed by atoms with Gasteiger partial charge >= 0.3 is 0 Å². The van der Waals surface area contributed by atoms with Crippen LogP contribution < -0.4 is 0 Å². The van der Waals surface area contributed by atoms with Gasteiger partial charge in [-0.3, -0.25) is 0 Å². The van der Waals surface area contributed by atoms with Gasteiger partial charge in [0.2, 0.25) is 0 Å². The second-order valence-electron chi connectivity index (χ2n) is 9.04. The van der Waals surface area contributed by atoms with Crippen molar-refractivity contribution in [1.29, 1.82) is 0 Å². The molecule has 0 bridgehead atoms. The zero-order valence-corrected chi connectivity index (χ0v) is 18.4. The lowest BCUT2D eigenvalue weighted by atomic mass is 9.99. The third-order valence-corrected chi connectivity index (χ3v) is 10.5. The van der Waals surface area contributed by atoms with E-state index >= 15 is 0 Å². The van der Waals surface area contributed by atoms with Crippen molar-refractivity contribution in [2.24, 2.45) is 11.1 Å². The van der Waals surface area contributed by atoms with E-state index in [-0.39, 0.29) is 0 Å².